The molecular weight excluding hydrogens is 486 g/mol. The number of pyridine rings is 1. The average Bonchev–Trinajstić information content (AvgIpc) is 2.88. The second-order valence-corrected chi connectivity index (χ2v) is 13.4. The summed E-state index contributed by atoms with van der Waals surface area (Å²) >= 11 is 0. The average molecular weight is 528 g/mol. The molecule has 9 heteroatoms. The van der Waals surface area contributed by atoms with Crippen molar-refractivity contribution in [2.45, 2.75) is 57.9 Å². The van der Waals surface area contributed by atoms with E-state index in [0.29, 0.717) is 30.7 Å². The van der Waals surface area contributed by atoms with E-state index in [4.69, 9.17) is 0 Å². The lowest BCUT2D eigenvalue weighted by atomic mass is 9.70. The van der Waals surface area contributed by atoms with Crippen molar-refractivity contribution in [2.24, 2.45) is 17.3 Å². The van der Waals surface area contributed by atoms with Crippen molar-refractivity contribution in [1.82, 2.24) is 19.5 Å². The monoisotopic (exact) mass is 527 g/mol. The van der Waals surface area contributed by atoms with Crippen molar-refractivity contribution in [1.29, 1.82) is 0 Å². The lowest BCUT2D eigenvalue weighted by molar-refractivity contribution is 0.109. The zero-order chi connectivity index (χ0) is 26.5. The van der Waals surface area contributed by atoms with Crippen LogP contribution in [0.15, 0.2) is 53.7 Å². The van der Waals surface area contributed by atoms with Gasteiger partial charge in [-0.15, -0.1) is 0 Å². The molecule has 1 aromatic carbocycles. The lowest BCUT2D eigenvalue weighted by Gasteiger charge is -2.40. The number of sulfonamides is 1. The molecule has 0 spiro atoms. The van der Waals surface area contributed by atoms with E-state index in [1.54, 1.807) is 41.0 Å². The first-order valence-electron chi connectivity index (χ1n) is 13.4. The Morgan fingerprint density at radius 2 is 1.68 bits per heavy atom. The second kappa shape index (κ2) is 11.9. The SMILES string of the molecule is CC(C)(C)C1CCC(CN2CCN(S(=O)(=O)c3ccc(NC(=O)NCc4cccnc4)cc3)CC2)CC1. The number of nitrogens with zero attached hydrogens (tertiary/aromatic N) is 3. The van der Waals surface area contributed by atoms with Crippen molar-refractivity contribution in [3.05, 3.63) is 54.4 Å². The standard InChI is InChI=1S/C28H41N5O3S/c1-28(2,3)24-8-6-22(7-9-24)21-32-15-17-33(18-16-32)37(35,36)26-12-10-25(11-13-26)31-27(34)30-20-23-5-4-14-29-19-23/h4-5,10-14,19,22,24H,6-9,15-18,20-21H2,1-3H3,(H2,30,31,34). The topological polar surface area (TPSA) is 94.6 Å². The van der Waals surface area contributed by atoms with Crippen LogP contribution in [0.1, 0.15) is 52.0 Å². The highest BCUT2D eigenvalue weighted by molar-refractivity contribution is 7.89. The van der Waals surface area contributed by atoms with Crippen LogP contribution in [0.2, 0.25) is 0 Å². The zero-order valence-electron chi connectivity index (χ0n) is 22.3. The van der Waals surface area contributed by atoms with Gasteiger partial charge < -0.3 is 15.5 Å². The number of nitrogens with one attached hydrogen (secondary N) is 2. The first-order valence-corrected chi connectivity index (χ1v) is 14.8. The van der Waals surface area contributed by atoms with Crippen molar-refractivity contribution < 1.29 is 13.2 Å². The van der Waals surface area contributed by atoms with Crippen molar-refractivity contribution in [3.63, 3.8) is 0 Å². The van der Waals surface area contributed by atoms with Gasteiger partial charge in [0.1, 0.15) is 0 Å². The summed E-state index contributed by atoms with van der Waals surface area (Å²) in [6.07, 6.45) is 8.54. The number of aromatic nitrogens is 1. The van der Waals surface area contributed by atoms with Crippen LogP contribution in [0.3, 0.4) is 0 Å². The summed E-state index contributed by atoms with van der Waals surface area (Å²) in [6.45, 7) is 11.1. The van der Waals surface area contributed by atoms with E-state index in [-0.39, 0.29) is 10.9 Å². The third-order valence-corrected chi connectivity index (χ3v) is 9.76. The summed E-state index contributed by atoms with van der Waals surface area (Å²) in [5.74, 6) is 1.54. The minimum atomic E-state index is -3.56. The number of anilines is 1. The van der Waals surface area contributed by atoms with Gasteiger partial charge in [0.05, 0.1) is 4.90 Å². The van der Waals surface area contributed by atoms with Crippen molar-refractivity contribution in [2.75, 3.05) is 38.0 Å². The molecule has 2 heterocycles. The van der Waals surface area contributed by atoms with Crippen LogP contribution < -0.4 is 10.6 Å². The Labute approximate surface area is 221 Å². The zero-order valence-corrected chi connectivity index (χ0v) is 23.1. The number of rotatable bonds is 7. The Kier molecular flexibility index (Phi) is 8.87. The van der Waals surface area contributed by atoms with Crippen LogP contribution in [0.5, 0.6) is 0 Å². The van der Waals surface area contributed by atoms with Gasteiger partial charge in [0.15, 0.2) is 0 Å². The van der Waals surface area contributed by atoms with Crippen molar-refractivity contribution >= 4 is 21.7 Å². The summed E-state index contributed by atoms with van der Waals surface area (Å²) in [4.78, 5) is 18.9. The predicted molar refractivity (Wildman–Crippen MR) is 147 cm³/mol. The molecule has 8 nitrogen and oxygen atoms in total. The van der Waals surface area contributed by atoms with Gasteiger partial charge in [-0.3, -0.25) is 4.98 Å². The largest absolute Gasteiger partial charge is 0.334 e. The van der Waals surface area contributed by atoms with Gasteiger partial charge in [-0.25, -0.2) is 13.2 Å². The molecule has 0 atom stereocenters. The molecule has 202 valence electrons. The minimum absolute atomic E-state index is 0.253. The Balaban J connectivity index is 1.23. The molecule has 2 fully saturated rings. The van der Waals surface area contributed by atoms with Crippen LogP contribution in [0, 0.1) is 17.3 Å². The number of amides is 2. The van der Waals surface area contributed by atoms with Gasteiger partial charge in [-0.1, -0.05) is 26.8 Å². The highest BCUT2D eigenvalue weighted by Gasteiger charge is 2.32. The van der Waals surface area contributed by atoms with E-state index in [2.05, 4.69) is 41.3 Å². The Morgan fingerprint density at radius 1 is 1.00 bits per heavy atom. The number of hydrogen-bond acceptors (Lipinski definition) is 5. The normalized spacial score (nSPS) is 21.9. The molecule has 1 saturated heterocycles. The molecule has 0 unspecified atom stereocenters. The molecule has 2 N–H and O–H groups in total. The van der Waals surface area contributed by atoms with E-state index in [1.807, 2.05) is 12.1 Å². The minimum Gasteiger partial charge on any atom is -0.334 e. The fraction of sp³-hybridized carbons (Fsp3) is 0.571. The maximum Gasteiger partial charge on any atom is 0.319 e. The smallest absolute Gasteiger partial charge is 0.319 e. The molecule has 4 rings (SSSR count). The van der Waals surface area contributed by atoms with Crippen LogP contribution in [-0.4, -0.2) is 61.4 Å². The van der Waals surface area contributed by atoms with Gasteiger partial charge in [0.25, 0.3) is 0 Å². The highest BCUT2D eigenvalue weighted by Crippen LogP contribution is 2.40. The molecule has 1 saturated carbocycles. The molecule has 37 heavy (non-hydrogen) atoms. The summed E-state index contributed by atoms with van der Waals surface area (Å²) in [6, 6.07) is 9.71. The first-order chi connectivity index (χ1) is 17.6. The first kappa shape index (κ1) is 27.5. The molecule has 1 aliphatic heterocycles. The fourth-order valence-corrected chi connectivity index (χ4v) is 6.87. The third-order valence-electron chi connectivity index (χ3n) is 7.84. The molecule has 1 aromatic heterocycles. The number of benzene rings is 1. The van der Waals surface area contributed by atoms with Gasteiger partial charge in [0, 0.05) is 57.3 Å². The number of urea groups is 1. The van der Waals surface area contributed by atoms with E-state index in [1.165, 1.54) is 25.7 Å². The molecule has 2 aromatic rings. The summed E-state index contributed by atoms with van der Waals surface area (Å²) in [7, 11) is -3.56. The molecule has 1 aliphatic carbocycles. The van der Waals surface area contributed by atoms with E-state index in [0.717, 1.165) is 37.0 Å². The summed E-state index contributed by atoms with van der Waals surface area (Å²) in [5, 5.41) is 5.50. The fourth-order valence-electron chi connectivity index (χ4n) is 5.45. The summed E-state index contributed by atoms with van der Waals surface area (Å²) < 4.78 is 28.0. The molecule has 2 amide bonds. The Bertz CT molecular complexity index is 1120. The second-order valence-electron chi connectivity index (χ2n) is 11.5. The van der Waals surface area contributed by atoms with E-state index >= 15 is 0 Å². The number of carbonyl (C=O) groups excluding carboxylic acids is 1. The van der Waals surface area contributed by atoms with Crippen LogP contribution in [-0.2, 0) is 16.6 Å². The van der Waals surface area contributed by atoms with Gasteiger partial charge >= 0.3 is 6.03 Å². The molecular formula is C28H41N5O3S. The van der Waals surface area contributed by atoms with Crippen LogP contribution >= 0.6 is 0 Å². The molecule has 0 bridgehead atoms. The Morgan fingerprint density at radius 3 is 2.27 bits per heavy atom. The van der Waals surface area contributed by atoms with Crippen LogP contribution in [0.4, 0.5) is 10.5 Å². The van der Waals surface area contributed by atoms with E-state index in [9.17, 15) is 13.2 Å². The number of hydrogen-bond donors (Lipinski definition) is 2. The van der Waals surface area contributed by atoms with Crippen molar-refractivity contribution in [3.8, 4) is 0 Å². The lowest BCUT2D eigenvalue weighted by Crippen LogP contribution is -2.49. The maximum atomic E-state index is 13.2. The Hall–Kier alpha value is -2.49. The van der Waals surface area contributed by atoms with Gasteiger partial charge in [-0.2, -0.15) is 4.31 Å². The number of piperazine rings is 1. The molecule has 2 aliphatic rings. The maximum absolute atomic E-state index is 13.2. The predicted octanol–water partition coefficient (Wildman–Crippen LogP) is 4.56. The van der Waals surface area contributed by atoms with Gasteiger partial charge in [-0.05, 0) is 78.8 Å². The molecule has 0 radical (unpaired) electrons. The highest BCUT2D eigenvalue weighted by atomic mass is 32.2. The number of carbonyl (C=O) groups is 1. The quantitative estimate of drug-likeness (QED) is 0.550. The third kappa shape index (κ3) is 7.52. The van der Waals surface area contributed by atoms with Gasteiger partial charge in [0.2, 0.25) is 10.0 Å². The van der Waals surface area contributed by atoms with Crippen LogP contribution in [0.25, 0.3) is 0 Å². The van der Waals surface area contributed by atoms with E-state index < -0.39 is 10.0 Å². The summed E-state index contributed by atoms with van der Waals surface area (Å²) in [5.41, 5.74) is 1.83.